The molecule has 0 spiro atoms. The first-order valence-corrected chi connectivity index (χ1v) is 5.56. The molecule has 0 atom stereocenters. The zero-order valence-electron chi connectivity index (χ0n) is 10.3. The number of carbonyl (C=O) groups is 1. The van der Waals surface area contributed by atoms with Gasteiger partial charge in [0.05, 0.1) is 6.54 Å². The zero-order chi connectivity index (χ0) is 12.6. The smallest absolute Gasteiger partial charge is 0.416 e. The highest BCUT2D eigenvalue weighted by Gasteiger charge is 2.31. The second kappa shape index (κ2) is 3.87. The van der Waals surface area contributed by atoms with E-state index in [2.05, 4.69) is 0 Å². The Kier molecular flexibility index (Phi) is 2.65. The van der Waals surface area contributed by atoms with Crippen LogP contribution in [0.1, 0.15) is 31.9 Å². The number of benzene rings is 1. The third-order valence-corrected chi connectivity index (χ3v) is 2.48. The Labute approximate surface area is 101 Å². The van der Waals surface area contributed by atoms with Crippen molar-refractivity contribution in [1.82, 2.24) is 4.90 Å². The highest BCUT2D eigenvalue weighted by molar-refractivity contribution is 6.07. The molecule has 0 radical (unpaired) electrons. The van der Waals surface area contributed by atoms with Crippen molar-refractivity contribution in [3.8, 4) is 0 Å². The minimum Gasteiger partial charge on any atom is -0.443 e. The number of nitrogens with one attached hydrogen (secondary N) is 1. The number of hydrogen-bond donors (Lipinski definition) is 1. The van der Waals surface area contributed by atoms with Gasteiger partial charge in [0.25, 0.3) is 0 Å². The van der Waals surface area contributed by atoms with E-state index in [1.165, 1.54) is 4.90 Å². The fourth-order valence-corrected chi connectivity index (χ4v) is 1.76. The molecule has 1 aliphatic heterocycles. The maximum Gasteiger partial charge on any atom is 0.416 e. The summed E-state index contributed by atoms with van der Waals surface area (Å²) in [4.78, 5) is 13.3. The van der Waals surface area contributed by atoms with Crippen molar-refractivity contribution in [2.24, 2.45) is 0 Å². The van der Waals surface area contributed by atoms with Crippen molar-refractivity contribution in [3.05, 3.63) is 35.4 Å². The van der Waals surface area contributed by atoms with Crippen LogP contribution in [0.2, 0.25) is 0 Å². The SMILES string of the molecule is CC(C)(C)OC(=O)N1Cc2ccccc2C1=N. The number of rotatable bonds is 0. The maximum atomic E-state index is 11.9. The minimum atomic E-state index is -0.536. The van der Waals surface area contributed by atoms with Crippen molar-refractivity contribution in [3.63, 3.8) is 0 Å². The van der Waals surface area contributed by atoms with E-state index in [9.17, 15) is 4.79 Å². The highest BCUT2D eigenvalue weighted by Crippen LogP contribution is 2.24. The van der Waals surface area contributed by atoms with Crippen molar-refractivity contribution in [2.75, 3.05) is 0 Å². The average molecular weight is 232 g/mol. The number of fused-ring (bicyclic) bond motifs is 1. The average Bonchev–Trinajstić information content (AvgIpc) is 2.55. The van der Waals surface area contributed by atoms with Gasteiger partial charge in [-0.15, -0.1) is 0 Å². The molecule has 0 saturated carbocycles. The lowest BCUT2D eigenvalue weighted by atomic mass is 10.1. The molecule has 0 aliphatic carbocycles. The van der Waals surface area contributed by atoms with Gasteiger partial charge in [-0.2, -0.15) is 0 Å². The van der Waals surface area contributed by atoms with Gasteiger partial charge in [-0.1, -0.05) is 24.3 Å². The molecule has 90 valence electrons. The standard InChI is InChI=1S/C13H16N2O2/c1-13(2,3)17-12(16)15-8-9-6-4-5-7-10(9)11(15)14/h4-7,14H,8H2,1-3H3. The van der Waals surface area contributed by atoms with Gasteiger partial charge in [0.1, 0.15) is 11.4 Å². The quantitative estimate of drug-likeness (QED) is 0.747. The van der Waals surface area contributed by atoms with Gasteiger partial charge in [-0.05, 0) is 26.3 Å². The van der Waals surface area contributed by atoms with E-state index >= 15 is 0 Å². The fourth-order valence-electron chi connectivity index (χ4n) is 1.76. The van der Waals surface area contributed by atoms with Crippen molar-refractivity contribution >= 4 is 11.9 Å². The molecule has 1 aliphatic rings. The molecule has 1 heterocycles. The van der Waals surface area contributed by atoms with Crippen LogP contribution in [-0.4, -0.2) is 22.4 Å². The lowest BCUT2D eigenvalue weighted by molar-refractivity contribution is 0.0367. The van der Waals surface area contributed by atoms with Crippen molar-refractivity contribution in [2.45, 2.75) is 32.9 Å². The predicted octanol–water partition coefficient (Wildman–Crippen LogP) is 2.76. The minimum absolute atomic E-state index is 0.217. The van der Waals surface area contributed by atoms with Crippen LogP contribution in [0.25, 0.3) is 0 Å². The van der Waals surface area contributed by atoms with Gasteiger partial charge >= 0.3 is 6.09 Å². The van der Waals surface area contributed by atoms with Gasteiger partial charge in [0.15, 0.2) is 0 Å². The van der Waals surface area contributed by atoms with E-state index < -0.39 is 11.7 Å². The molecule has 0 unspecified atom stereocenters. The highest BCUT2D eigenvalue weighted by atomic mass is 16.6. The maximum absolute atomic E-state index is 11.9. The van der Waals surface area contributed by atoms with Crippen molar-refractivity contribution in [1.29, 1.82) is 5.41 Å². The van der Waals surface area contributed by atoms with Crippen LogP contribution < -0.4 is 0 Å². The van der Waals surface area contributed by atoms with E-state index in [1.807, 2.05) is 45.0 Å². The monoisotopic (exact) mass is 232 g/mol. The Morgan fingerprint density at radius 3 is 2.59 bits per heavy atom. The molecular weight excluding hydrogens is 216 g/mol. The van der Waals surface area contributed by atoms with E-state index in [0.29, 0.717) is 6.54 Å². The molecular formula is C13H16N2O2. The summed E-state index contributed by atoms with van der Waals surface area (Å²) in [6.45, 7) is 5.87. The van der Waals surface area contributed by atoms with Crippen LogP contribution in [-0.2, 0) is 11.3 Å². The molecule has 1 aromatic carbocycles. The number of nitrogens with zero attached hydrogens (tertiary/aromatic N) is 1. The van der Waals surface area contributed by atoms with Gasteiger partial charge in [-0.3, -0.25) is 10.3 Å². The van der Waals surface area contributed by atoms with Crippen LogP contribution in [0, 0.1) is 5.41 Å². The molecule has 2 rings (SSSR count). The third kappa shape index (κ3) is 2.30. The molecule has 0 fully saturated rings. The van der Waals surface area contributed by atoms with E-state index in [0.717, 1.165) is 11.1 Å². The first-order valence-electron chi connectivity index (χ1n) is 5.56. The van der Waals surface area contributed by atoms with E-state index in [-0.39, 0.29) is 5.84 Å². The summed E-state index contributed by atoms with van der Waals surface area (Å²) in [7, 11) is 0. The second-order valence-electron chi connectivity index (χ2n) is 5.07. The Bertz CT molecular complexity index is 475. The predicted molar refractivity (Wildman–Crippen MR) is 65.0 cm³/mol. The fraction of sp³-hybridized carbons (Fsp3) is 0.385. The van der Waals surface area contributed by atoms with Gasteiger partial charge in [-0.25, -0.2) is 4.79 Å². The normalized spacial score (nSPS) is 14.8. The Balaban J connectivity index is 2.18. The first-order chi connectivity index (χ1) is 7.88. The number of amidine groups is 1. The van der Waals surface area contributed by atoms with Gasteiger partial charge in [0, 0.05) is 5.56 Å². The summed E-state index contributed by atoms with van der Waals surface area (Å²) < 4.78 is 5.27. The van der Waals surface area contributed by atoms with E-state index in [4.69, 9.17) is 10.1 Å². The lowest BCUT2D eigenvalue weighted by Crippen LogP contribution is -2.36. The van der Waals surface area contributed by atoms with Gasteiger partial charge < -0.3 is 4.74 Å². The molecule has 0 bridgehead atoms. The summed E-state index contributed by atoms with van der Waals surface area (Å²) in [6.07, 6.45) is -0.460. The summed E-state index contributed by atoms with van der Waals surface area (Å²) in [6, 6.07) is 7.55. The largest absolute Gasteiger partial charge is 0.443 e. The molecule has 1 aromatic rings. The second-order valence-corrected chi connectivity index (χ2v) is 5.07. The third-order valence-electron chi connectivity index (χ3n) is 2.48. The molecule has 0 aromatic heterocycles. The van der Waals surface area contributed by atoms with Crippen LogP contribution in [0.4, 0.5) is 4.79 Å². The Hall–Kier alpha value is -1.84. The van der Waals surface area contributed by atoms with E-state index in [1.54, 1.807) is 0 Å². The Morgan fingerprint density at radius 2 is 2.00 bits per heavy atom. The Morgan fingerprint density at radius 1 is 1.35 bits per heavy atom. The summed E-state index contributed by atoms with van der Waals surface area (Å²) >= 11 is 0. The summed E-state index contributed by atoms with van der Waals surface area (Å²) in [5.74, 6) is 0.217. The summed E-state index contributed by atoms with van der Waals surface area (Å²) in [5, 5.41) is 7.95. The molecule has 4 heteroatoms. The van der Waals surface area contributed by atoms with Crippen molar-refractivity contribution < 1.29 is 9.53 Å². The van der Waals surface area contributed by atoms with Gasteiger partial charge in [0.2, 0.25) is 0 Å². The molecule has 1 N–H and O–H groups in total. The number of hydrogen-bond acceptors (Lipinski definition) is 3. The number of ether oxygens (including phenoxy) is 1. The molecule has 0 saturated heterocycles. The van der Waals surface area contributed by atoms with Crippen LogP contribution in [0.3, 0.4) is 0 Å². The van der Waals surface area contributed by atoms with Crippen LogP contribution in [0.15, 0.2) is 24.3 Å². The first kappa shape index (κ1) is 11.6. The van der Waals surface area contributed by atoms with Crippen LogP contribution in [0.5, 0.6) is 0 Å². The number of amides is 1. The van der Waals surface area contributed by atoms with Crippen LogP contribution >= 0.6 is 0 Å². The molecule has 1 amide bonds. The lowest BCUT2D eigenvalue weighted by Gasteiger charge is -2.24. The summed E-state index contributed by atoms with van der Waals surface area (Å²) in [5.41, 5.74) is 1.26. The zero-order valence-corrected chi connectivity index (χ0v) is 10.3. The molecule has 17 heavy (non-hydrogen) atoms. The molecule has 4 nitrogen and oxygen atoms in total. The topological polar surface area (TPSA) is 53.4 Å². The number of carbonyl (C=O) groups excluding carboxylic acids is 1.